The maximum absolute atomic E-state index is 5.56. The SMILES string of the molecule is C=C1CCON1O[Si](C)(C)C. The molecule has 0 spiro atoms. The van der Waals surface area contributed by atoms with E-state index in [1.165, 1.54) is 5.23 Å². The van der Waals surface area contributed by atoms with E-state index in [1.807, 2.05) is 0 Å². The van der Waals surface area contributed by atoms with Crippen molar-refractivity contribution in [2.45, 2.75) is 26.1 Å². The second kappa shape index (κ2) is 2.96. The second-order valence-electron chi connectivity index (χ2n) is 3.61. The molecule has 0 unspecified atom stereocenters. The van der Waals surface area contributed by atoms with Gasteiger partial charge in [0.1, 0.15) is 0 Å². The molecular weight excluding hydrogens is 158 g/mol. The van der Waals surface area contributed by atoms with Crippen molar-refractivity contribution in [3.05, 3.63) is 12.3 Å². The van der Waals surface area contributed by atoms with Gasteiger partial charge < -0.3 is 0 Å². The minimum atomic E-state index is -1.52. The third kappa shape index (κ3) is 2.65. The Labute approximate surface area is 68.6 Å². The highest BCUT2D eigenvalue weighted by Crippen LogP contribution is 2.19. The van der Waals surface area contributed by atoms with Crippen LogP contribution >= 0.6 is 0 Å². The van der Waals surface area contributed by atoms with Crippen molar-refractivity contribution in [1.29, 1.82) is 0 Å². The van der Waals surface area contributed by atoms with Gasteiger partial charge in [-0.1, -0.05) is 6.58 Å². The topological polar surface area (TPSA) is 21.7 Å². The van der Waals surface area contributed by atoms with Crippen LogP contribution in [0.2, 0.25) is 19.6 Å². The molecule has 4 heteroatoms. The van der Waals surface area contributed by atoms with E-state index in [0.29, 0.717) is 6.61 Å². The summed E-state index contributed by atoms with van der Waals surface area (Å²) in [7, 11) is -1.52. The largest absolute Gasteiger partial charge is 0.298 e. The lowest BCUT2D eigenvalue weighted by Gasteiger charge is -2.25. The first-order valence-corrected chi connectivity index (χ1v) is 7.20. The van der Waals surface area contributed by atoms with Gasteiger partial charge in [0.05, 0.1) is 12.3 Å². The highest BCUT2D eigenvalue weighted by molar-refractivity contribution is 6.69. The van der Waals surface area contributed by atoms with Gasteiger partial charge in [0, 0.05) is 6.42 Å². The lowest BCUT2D eigenvalue weighted by atomic mass is 10.4. The first-order valence-electron chi connectivity index (χ1n) is 3.79. The van der Waals surface area contributed by atoms with Crippen LogP contribution in [0, 0.1) is 0 Å². The summed E-state index contributed by atoms with van der Waals surface area (Å²) in [6.07, 6.45) is 0.879. The minimum absolute atomic E-state index is 0.698. The standard InChI is InChI=1S/C7H15NO2Si/c1-7-5-6-9-8(7)10-11(2,3)4/h1,5-6H2,2-4H3. The van der Waals surface area contributed by atoms with Crippen LogP contribution in [0.1, 0.15) is 6.42 Å². The molecule has 0 N–H and O–H groups in total. The molecule has 1 rings (SSSR count). The lowest BCUT2D eigenvalue weighted by Crippen LogP contribution is -2.34. The molecule has 1 aliphatic rings. The summed E-state index contributed by atoms with van der Waals surface area (Å²) < 4.78 is 5.56. The van der Waals surface area contributed by atoms with Crippen molar-refractivity contribution in [3.63, 3.8) is 0 Å². The molecule has 1 heterocycles. The number of nitrogens with zero attached hydrogens (tertiary/aromatic N) is 1. The van der Waals surface area contributed by atoms with Crippen molar-refractivity contribution in [3.8, 4) is 0 Å². The molecule has 0 saturated carbocycles. The van der Waals surface area contributed by atoms with Crippen LogP contribution in [-0.2, 0) is 9.36 Å². The average molecular weight is 173 g/mol. The summed E-state index contributed by atoms with van der Waals surface area (Å²) in [4.78, 5) is 5.19. The van der Waals surface area contributed by atoms with Crippen molar-refractivity contribution in [1.82, 2.24) is 5.23 Å². The Morgan fingerprint density at radius 2 is 2.18 bits per heavy atom. The normalized spacial score (nSPS) is 19.5. The van der Waals surface area contributed by atoms with Crippen LogP contribution < -0.4 is 0 Å². The summed E-state index contributed by atoms with van der Waals surface area (Å²) >= 11 is 0. The Bertz CT molecular complexity index is 164. The van der Waals surface area contributed by atoms with E-state index < -0.39 is 8.32 Å². The van der Waals surface area contributed by atoms with Crippen molar-refractivity contribution in [2.75, 3.05) is 6.61 Å². The first-order chi connectivity index (χ1) is 4.99. The van der Waals surface area contributed by atoms with E-state index in [1.54, 1.807) is 0 Å². The number of hydroxylamine groups is 2. The maximum atomic E-state index is 5.56. The third-order valence-corrected chi connectivity index (χ3v) is 1.93. The van der Waals surface area contributed by atoms with Gasteiger partial charge in [0.25, 0.3) is 0 Å². The molecule has 1 aliphatic heterocycles. The molecule has 0 amide bonds. The second-order valence-corrected chi connectivity index (χ2v) is 8.02. The molecule has 0 radical (unpaired) electrons. The van der Waals surface area contributed by atoms with Crippen molar-refractivity contribution >= 4 is 8.32 Å². The zero-order valence-electron chi connectivity index (χ0n) is 7.39. The van der Waals surface area contributed by atoms with Crippen LogP contribution in [-0.4, -0.2) is 20.2 Å². The van der Waals surface area contributed by atoms with Crippen LogP contribution in [0.15, 0.2) is 12.3 Å². The van der Waals surface area contributed by atoms with E-state index in [-0.39, 0.29) is 0 Å². The summed E-state index contributed by atoms with van der Waals surface area (Å²) in [5, 5.41) is 1.48. The molecule has 0 aliphatic carbocycles. The Balaban J connectivity index is 2.43. The first kappa shape index (κ1) is 8.77. The molecule has 64 valence electrons. The van der Waals surface area contributed by atoms with Gasteiger partial charge in [-0.15, -0.1) is 5.23 Å². The van der Waals surface area contributed by atoms with Gasteiger partial charge >= 0.3 is 0 Å². The van der Waals surface area contributed by atoms with Gasteiger partial charge in [-0.05, 0) is 19.6 Å². The van der Waals surface area contributed by atoms with Crippen LogP contribution in [0.5, 0.6) is 0 Å². The highest BCUT2D eigenvalue weighted by atomic mass is 28.4. The van der Waals surface area contributed by atoms with Crippen LogP contribution in [0.25, 0.3) is 0 Å². The minimum Gasteiger partial charge on any atom is -0.298 e. The Morgan fingerprint density at radius 3 is 2.55 bits per heavy atom. The number of hydrogen-bond acceptors (Lipinski definition) is 3. The predicted molar refractivity (Wildman–Crippen MR) is 46.0 cm³/mol. The number of hydrogen-bond donors (Lipinski definition) is 0. The van der Waals surface area contributed by atoms with E-state index >= 15 is 0 Å². The van der Waals surface area contributed by atoms with Gasteiger partial charge in [-0.25, -0.2) is 4.84 Å². The van der Waals surface area contributed by atoms with Crippen molar-refractivity contribution < 1.29 is 9.36 Å². The summed E-state index contributed by atoms with van der Waals surface area (Å²) in [5.41, 5.74) is 0.924. The fraction of sp³-hybridized carbons (Fsp3) is 0.714. The summed E-state index contributed by atoms with van der Waals surface area (Å²) in [6.45, 7) is 10.9. The van der Waals surface area contributed by atoms with Gasteiger partial charge in [0.15, 0.2) is 0 Å². The predicted octanol–water partition coefficient (Wildman–Crippen LogP) is 1.90. The van der Waals surface area contributed by atoms with E-state index in [4.69, 9.17) is 9.36 Å². The smallest absolute Gasteiger partial charge is 0.223 e. The summed E-state index contributed by atoms with van der Waals surface area (Å²) in [5.74, 6) is 0. The van der Waals surface area contributed by atoms with Gasteiger partial charge in [-0.2, -0.15) is 0 Å². The fourth-order valence-electron chi connectivity index (χ4n) is 0.769. The molecule has 0 aromatic heterocycles. The third-order valence-electron chi connectivity index (χ3n) is 1.21. The summed E-state index contributed by atoms with van der Waals surface area (Å²) in [6, 6.07) is 0. The zero-order chi connectivity index (χ0) is 8.48. The molecule has 1 fully saturated rings. The van der Waals surface area contributed by atoms with E-state index in [9.17, 15) is 0 Å². The zero-order valence-corrected chi connectivity index (χ0v) is 8.39. The van der Waals surface area contributed by atoms with Crippen LogP contribution in [0.4, 0.5) is 0 Å². The maximum Gasteiger partial charge on any atom is 0.223 e. The van der Waals surface area contributed by atoms with Crippen molar-refractivity contribution in [2.24, 2.45) is 0 Å². The lowest BCUT2D eigenvalue weighted by molar-refractivity contribution is -0.272. The Hall–Kier alpha value is -0.323. The average Bonchev–Trinajstić information content (AvgIpc) is 2.12. The van der Waals surface area contributed by atoms with Crippen LogP contribution in [0.3, 0.4) is 0 Å². The molecule has 0 bridgehead atoms. The van der Waals surface area contributed by atoms with E-state index in [2.05, 4.69) is 26.2 Å². The van der Waals surface area contributed by atoms with Gasteiger partial charge in [-0.3, -0.25) is 4.53 Å². The monoisotopic (exact) mass is 173 g/mol. The molecule has 11 heavy (non-hydrogen) atoms. The molecule has 0 aromatic rings. The van der Waals surface area contributed by atoms with Gasteiger partial charge in [0.2, 0.25) is 8.32 Å². The Kier molecular flexibility index (Phi) is 2.36. The molecular formula is C7H15NO2Si. The quantitative estimate of drug-likeness (QED) is 0.595. The molecule has 3 nitrogen and oxygen atoms in total. The molecule has 0 atom stereocenters. The van der Waals surface area contributed by atoms with E-state index in [0.717, 1.165) is 12.1 Å². The molecule has 1 saturated heterocycles. The fourth-order valence-corrected chi connectivity index (χ4v) is 1.45. The number of rotatable bonds is 2. The Morgan fingerprint density at radius 1 is 1.55 bits per heavy atom. The molecule has 0 aromatic carbocycles. The highest BCUT2D eigenvalue weighted by Gasteiger charge is 2.25.